The molecule has 1 aromatic heterocycles. The zero-order valence-corrected chi connectivity index (χ0v) is 16.2. The Hall–Kier alpha value is -3.08. The van der Waals surface area contributed by atoms with Gasteiger partial charge in [-0.1, -0.05) is 30.3 Å². The Morgan fingerprint density at radius 1 is 1.21 bits per heavy atom. The molecule has 0 aliphatic carbocycles. The number of benzene rings is 2. The van der Waals surface area contributed by atoms with Crippen molar-refractivity contribution in [2.75, 3.05) is 13.2 Å². The highest BCUT2D eigenvalue weighted by Gasteiger charge is 2.20. The number of carbonyl (C=O) groups excluding carboxylic acids is 1. The van der Waals surface area contributed by atoms with Crippen LogP contribution in [0.3, 0.4) is 0 Å². The Kier molecular flexibility index (Phi) is 5.42. The van der Waals surface area contributed by atoms with Gasteiger partial charge in [-0.3, -0.25) is 4.79 Å². The second kappa shape index (κ2) is 8.30. The van der Waals surface area contributed by atoms with Crippen LogP contribution < -0.4 is 4.74 Å². The average Bonchev–Trinajstić information content (AvgIpc) is 3.35. The molecule has 0 spiro atoms. The molecule has 1 aliphatic heterocycles. The van der Waals surface area contributed by atoms with Crippen LogP contribution in [0.4, 0.5) is 0 Å². The van der Waals surface area contributed by atoms with Gasteiger partial charge in [0.15, 0.2) is 0 Å². The van der Waals surface area contributed by atoms with Crippen molar-refractivity contribution in [2.24, 2.45) is 7.05 Å². The second-order valence-corrected chi connectivity index (χ2v) is 7.19. The molecule has 5 nitrogen and oxygen atoms in total. The monoisotopic (exact) mass is 375 g/mol. The zero-order chi connectivity index (χ0) is 19.3. The highest BCUT2D eigenvalue weighted by Crippen LogP contribution is 2.26. The number of carbonyl (C=O) groups is 1. The fourth-order valence-electron chi connectivity index (χ4n) is 3.59. The number of imidazole rings is 1. The quantitative estimate of drug-likeness (QED) is 0.634. The van der Waals surface area contributed by atoms with Gasteiger partial charge in [0.05, 0.1) is 13.2 Å². The van der Waals surface area contributed by atoms with E-state index in [4.69, 9.17) is 4.74 Å². The Morgan fingerprint density at radius 3 is 2.86 bits per heavy atom. The molecule has 2 aromatic carbocycles. The minimum Gasteiger partial charge on any atom is -0.493 e. The number of fused-ring (bicyclic) bond motifs is 1. The summed E-state index contributed by atoms with van der Waals surface area (Å²) in [5.74, 6) is 1.83. The molecular weight excluding hydrogens is 350 g/mol. The van der Waals surface area contributed by atoms with E-state index in [0.717, 1.165) is 42.0 Å². The number of hydrogen-bond donors (Lipinski definition) is 0. The summed E-state index contributed by atoms with van der Waals surface area (Å²) < 4.78 is 7.54. The first kappa shape index (κ1) is 18.3. The largest absolute Gasteiger partial charge is 0.493 e. The predicted molar refractivity (Wildman–Crippen MR) is 108 cm³/mol. The first-order chi connectivity index (χ1) is 13.7. The number of rotatable bonds is 7. The molecule has 28 heavy (non-hydrogen) atoms. The lowest BCUT2D eigenvalue weighted by atomic mass is 10.1. The smallest absolute Gasteiger partial charge is 0.254 e. The van der Waals surface area contributed by atoms with Gasteiger partial charge in [0.1, 0.15) is 11.6 Å². The minimum absolute atomic E-state index is 0.0470. The average molecular weight is 375 g/mol. The molecule has 2 heterocycles. The van der Waals surface area contributed by atoms with Crippen LogP contribution in [0.2, 0.25) is 0 Å². The van der Waals surface area contributed by atoms with E-state index in [-0.39, 0.29) is 5.91 Å². The van der Waals surface area contributed by atoms with Crippen LogP contribution in [-0.4, -0.2) is 33.5 Å². The van der Waals surface area contributed by atoms with E-state index in [1.54, 1.807) is 6.20 Å². The van der Waals surface area contributed by atoms with Gasteiger partial charge in [0.2, 0.25) is 0 Å². The summed E-state index contributed by atoms with van der Waals surface area (Å²) in [5.41, 5.74) is 3.13. The zero-order valence-electron chi connectivity index (χ0n) is 16.2. The number of ether oxygens (including phenoxy) is 1. The number of aryl methyl sites for hydroxylation is 2. The summed E-state index contributed by atoms with van der Waals surface area (Å²) in [6.45, 7) is 1.89. The normalized spacial score (nSPS) is 12.5. The molecule has 1 aliphatic rings. The lowest BCUT2D eigenvalue weighted by molar-refractivity contribution is 0.0735. The van der Waals surface area contributed by atoms with Crippen molar-refractivity contribution >= 4 is 5.91 Å². The highest BCUT2D eigenvalue weighted by atomic mass is 16.5. The van der Waals surface area contributed by atoms with Crippen LogP contribution in [0.15, 0.2) is 60.9 Å². The van der Waals surface area contributed by atoms with Gasteiger partial charge >= 0.3 is 0 Å². The van der Waals surface area contributed by atoms with Crippen LogP contribution in [0, 0.1) is 0 Å². The van der Waals surface area contributed by atoms with E-state index in [2.05, 4.69) is 29.2 Å². The van der Waals surface area contributed by atoms with Crippen LogP contribution in [0.5, 0.6) is 5.75 Å². The van der Waals surface area contributed by atoms with E-state index in [1.807, 2.05) is 47.0 Å². The van der Waals surface area contributed by atoms with E-state index < -0.39 is 0 Å². The van der Waals surface area contributed by atoms with E-state index >= 15 is 0 Å². The maximum atomic E-state index is 13.3. The molecule has 0 atom stereocenters. The number of nitrogens with zero attached hydrogens (tertiary/aromatic N) is 3. The van der Waals surface area contributed by atoms with Crippen LogP contribution in [0.1, 0.15) is 33.7 Å². The Bertz CT molecular complexity index is 949. The summed E-state index contributed by atoms with van der Waals surface area (Å²) in [6.07, 6.45) is 6.41. The number of aromatic nitrogens is 2. The van der Waals surface area contributed by atoms with Crippen molar-refractivity contribution in [3.05, 3.63) is 83.4 Å². The van der Waals surface area contributed by atoms with E-state index in [0.29, 0.717) is 19.7 Å². The molecule has 1 amide bonds. The van der Waals surface area contributed by atoms with E-state index in [9.17, 15) is 4.79 Å². The molecule has 144 valence electrons. The topological polar surface area (TPSA) is 47.4 Å². The Morgan fingerprint density at radius 2 is 2.07 bits per heavy atom. The third-order valence-electron chi connectivity index (χ3n) is 5.21. The van der Waals surface area contributed by atoms with Gasteiger partial charge in [0.25, 0.3) is 5.91 Å². The van der Waals surface area contributed by atoms with Gasteiger partial charge in [-0.05, 0) is 42.2 Å². The van der Waals surface area contributed by atoms with Gasteiger partial charge in [-0.15, -0.1) is 0 Å². The van der Waals surface area contributed by atoms with E-state index in [1.165, 1.54) is 5.56 Å². The molecule has 0 saturated carbocycles. The fourth-order valence-corrected chi connectivity index (χ4v) is 3.59. The Labute approximate surface area is 165 Å². The van der Waals surface area contributed by atoms with Crippen molar-refractivity contribution in [1.29, 1.82) is 0 Å². The lowest BCUT2D eigenvalue weighted by Gasteiger charge is -2.23. The van der Waals surface area contributed by atoms with Crippen LogP contribution >= 0.6 is 0 Å². The summed E-state index contributed by atoms with van der Waals surface area (Å²) in [5, 5.41) is 0. The molecule has 0 radical (unpaired) electrons. The third-order valence-corrected chi connectivity index (χ3v) is 5.21. The van der Waals surface area contributed by atoms with Crippen molar-refractivity contribution in [2.45, 2.75) is 25.8 Å². The van der Waals surface area contributed by atoms with Gasteiger partial charge in [0, 0.05) is 38.0 Å². The van der Waals surface area contributed by atoms with Gasteiger partial charge < -0.3 is 14.2 Å². The second-order valence-electron chi connectivity index (χ2n) is 7.19. The maximum Gasteiger partial charge on any atom is 0.254 e. The van der Waals surface area contributed by atoms with Gasteiger partial charge in [-0.2, -0.15) is 0 Å². The van der Waals surface area contributed by atoms with Crippen LogP contribution in [-0.2, 0) is 26.4 Å². The highest BCUT2D eigenvalue weighted by molar-refractivity contribution is 5.94. The molecule has 3 aromatic rings. The summed E-state index contributed by atoms with van der Waals surface area (Å²) in [4.78, 5) is 19.6. The fraction of sp³-hybridized carbons (Fsp3) is 0.304. The van der Waals surface area contributed by atoms with Crippen molar-refractivity contribution < 1.29 is 9.53 Å². The van der Waals surface area contributed by atoms with Gasteiger partial charge in [-0.25, -0.2) is 4.98 Å². The summed E-state index contributed by atoms with van der Waals surface area (Å²) >= 11 is 0. The molecule has 0 fully saturated rings. The molecule has 5 heteroatoms. The molecule has 0 unspecified atom stereocenters. The molecule has 0 N–H and O–H groups in total. The molecule has 0 bridgehead atoms. The first-order valence-electron chi connectivity index (χ1n) is 9.76. The number of hydrogen-bond acceptors (Lipinski definition) is 3. The summed E-state index contributed by atoms with van der Waals surface area (Å²) in [6, 6.07) is 16.2. The molecule has 4 rings (SSSR count). The maximum absolute atomic E-state index is 13.3. The molecule has 0 saturated heterocycles. The van der Waals surface area contributed by atoms with Crippen molar-refractivity contribution in [1.82, 2.24) is 14.5 Å². The summed E-state index contributed by atoms with van der Waals surface area (Å²) in [7, 11) is 1.96. The SMILES string of the molecule is Cn1ccnc1CN(CCCc1ccccc1)C(=O)c1ccc2c(c1)CCO2. The molecular formula is C23H25N3O2. The number of amides is 1. The predicted octanol–water partition coefficient (Wildman–Crippen LogP) is 3.63. The van der Waals surface area contributed by atoms with Crippen molar-refractivity contribution in [3.63, 3.8) is 0 Å². The lowest BCUT2D eigenvalue weighted by Crippen LogP contribution is -2.32. The van der Waals surface area contributed by atoms with Crippen LogP contribution in [0.25, 0.3) is 0 Å². The minimum atomic E-state index is 0.0470. The standard InChI is InChI=1S/C23H25N3O2/c1-25-14-12-24-22(25)17-26(13-5-8-18-6-3-2-4-7-18)23(27)20-9-10-21-19(16-20)11-15-28-21/h2-4,6-7,9-10,12,14,16H,5,8,11,13,15,17H2,1H3. The Balaban J connectivity index is 1.50. The van der Waals surface area contributed by atoms with Crippen molar-refractivity contribution in [3.8, 4) is 5.75 Å². The third kappa shape index (κ3) is 4.09. The first-order valence-corrected chi connectivity index (χ1v) is 9.76.